The third-order valence-corrected chi connectivity index (χ3v) is 5.36. The third-order valence-electron chi connectivity index (χ3n) is 4.06. The molecule has 1 aromatic heterocycles. The first-order valence-corrected chi connectivity index (χ1v) is 9.26. The molecule has 0 radical (unpaired) electrons. The van der Waals surface area contributed by atoms with Crippen LogP contribution in [0.1, 0.15) is 24.7 Å². The lowest BCUT2D eigenvalue weighted by molar-refractivity contribution is 0.271. The van der Waals surface area contributed by atoms with Crippen LogP contribution in [0.5, 0.6) is 5.75 Å². The summed E-state index contributed by atoms with van der Waals surface area (Å²) in [5.41, 5.74) is 0.776. The molecule has 1 saturated heterocycles. The van der Waals surface area contributed by atoms with Crippen LogP contribution in [0, 0.1) is 0 Å². The van der Waals surface area contributed by atoms with Crippen molar-refractivity contribution in [2.24, 2.45) is 0 Å². The zero-order chi connectivity index (χ0) is 16.4. The summed E-state index contributed by atoms with van der Waals surface area (Å²) in [5, 5.41) is 4.04. The highest BCUT2D eigenvalue weighted by Crippen LogP contribution is 2.31. The van der Waals surface area contributed by atoms with Gasteiger partial charge in [-0.15, -0.1) is 0 Å². The Bertz CT molecular complexity index is 780. The summed E-state index contributed by atoms with van der Waals surface area (Å²) in [7, 11) is -1.53. The first kappa shape index (κ1) is 15.9. The van der Waals surface area contributed by atoms with Gasteiger partial charge in [-0.1, -0.05) is 17.3 Å². The second-order valence-electron chi connectivity index (χ2n) is 5.59. The minimum atomic E-state index is -3.13. The lowest BCUT2D eigenvalue weighted by Crippen LogP contribution is -2.37. The molecule has 0 N–H and O–H groups in total. The highest BCUT2D eigenvalue weighted by Gasteiger charge is 2.29. The molecule has 0 amide bonds. The van der Waals surface area contributed by atoms with Crippen molar-refractivity contribution in [3.05, 3.63) is 30.2 Å². The number of rotatable bonds is 4. The van der Waals surface area contributed by atoms with Gasteiger partial charge in [0.15, 0.2) is 0 Å². The van der Waals surface area contributed by atoms with E-state index in [0.717, 1.165) is 5.56 Å². The Morgan fingerprint density at radius 2 is 1.96 bits per heavy atom. The Labute approximate surface area is 135 Å². The number of aromatic nitrogens is 2. The summed E-state index contributed by atoms with van der Waals surface area (Å²) in [6.07, 6.45) is 2.60. The summed E-state index contributed by atoms with van der Waals surface area (Å²) in [6.45, 7) is 0.964. The third kappa shape index (κ3) is 3.37. The molecule has 0 atom stereocenters. The Kier molecular flexibility index (Phi) is 4.36. The monoisotopic (exact) mass is 337 g/mol. The van der Waals surface area contributed by atoms with E-state index in [1.165, 1.54) is 10.6 Å². The van der Waals surface area contributed by atoms with Gasteiger partial charge in [0.05, 0.1) is 18.9 Å². The van der Waals surface area contributed by atoms with Gasteiger partial charge >= 0.3 is 0 Å². The van der Waals surface area contributed by atoms with Crippen molar-refractivity contribution < 1.29 is 17.7 Å². The first-order valence-electron chi connectivity index (χ1n) is 7.41. The Morgan fingerprint density at radius 3 is 2.61 bits per heavy atom. The Hall–Kier alpha value is -1.93. The van der Waals surface area contributed by atoms with Crippen molar-refractivity contribution >= 4 is 10.0 Å². The normalized spacial score (nSPS) is 17.3. The molecule has 1 aromatic carbocycles. The molecule has 0 aliphatic carbocycles. The molecule has 8 heteroatoms. The maximum Gasteiger partial charge on any atom is 0.230 e. The number of piperidine rings is 1. The summed E-state index contributed by atoms with van der Waals surface area (Å²) in [4.78, 5) is 4.47. The minimum absolute atomic E-state index is 0.0870. The van der Waals surface area contributed by atoms with E-state index in [2.05, 4.69) is 10.1 Å². The fourth-order valence-electron chi connectivity index (χ4n) is 2.77. The van der Waals surface area contributed by atoms with Crippen LogP contribution in [0.3, 0.4) is 0 Å². The van der Waals surface area contributed by atoms with Crippen LogP contribution in [0.15, 0.2) is 28.8 Å². The molecule has 1 fully saturated rings. The van der Waals surface area contributed by atoms with E-state index in [9.17, 15) is 8.42 Å². The number of nitrogens with zero attached hydrogens (tertiary/aromatic N) is 3. The minimum Gasteiger partial charge on any atom is -0.496 e. The molecule has 124 valence electrons. The number of hydrogen-bond acceptors (Lipinski definition) is 6. The van der Waals surface area contributed by atoms with Crippen molar-refractivity contribution in [1.82, 2.24) is 14.4 Å². The summed E-state index contributed by atoms with van der Waals surface area (Å²) < 4.78 is 35.3. The van der Waals surface area contributed by atoms with Gasteiger partial charge in [-0.3, -0.25) is 0 Å². The van der Waals surface area contributed by atoms with Crippen LogP contribution >= 0.6 is 0 Å². The SMILES string of the molecule is COc1ccccc1-c1noc(C2CCN(S(C)(=O)=O)CC2)n1. The van der Waals surface area contributed by atoms with Crippen LogP contribution in [-0.2, 0) is 10.0 Å². The maximum atomic E-state index is 11.5. The Morgan fingerprint density at radius 1 is 1.26 bits per heavy atom. The van der Waals surface area contributed by atoms with Crippen molar-refractivity contribution in [3.8, 4) is 17.1 Å². The number of para-hydroxylation sites is 1. The van der Waals surface area contributed by atoms with Crippen LogP contribution < -0.4 is 4.74 Å². The lowest BCUT2D eigenvalue weighted by atomic mass is 9.98. The topological polar surface area (TPSA) is 85.5 Å². The fourth-order valence-corrected chi connectivity index (χ4v) is 3.65. The highest BCUT2D eigenvalue weighted by atomic mass is 32.2. The largest absolute Gasteiger partial charge is 0.496 e. The van der Waals surface area contributed by atoms with Crippen molar-refractivity contribution in [1.29, 1.82) is 0 Å². The van der Waals surface area contributed by atoms with Crippen molar-refractivity contribution in [3.63, 3.8) is 0 Å². The maximum absolute atomic E-state index is 11.5. The highest BCUT2D eigenvalue weighted by molar-refractivity contribution is 7.88. The van der Waals surface area contributed by atoms with Crippen molar-refractivity contribution in [2.75, 3.05) is 26.5 Å². The zero-order valence-corrected chi connectivity index (χ0v) is 13.9. The van der Waals surface area contributed by atoms with Gasteiger partial charge in [-0.25, -0.2) is 12.7 Å². The van der Waals surface area contributed by atoms with E-state index in [1.54, 1.807) is 7.11 Å². The molecule has 0 bridgehead atoms. The standard InChI is InChI=1S/C15H19N3O4S/c1-21-13-6-4-3-5-12(13)14-16-15(22-17-14)11-7-9-18(10-8-11)23(2,19)20/h3-6,11H,7-10H2,1-2H3. The zero-order valence-electron chi connectivity index (χ0n) is 13.1. The second-order valence-corrected chi connectivity index (χ2v) is 7.58. The van der Waals surface area contributed by atoms with Gasteiger partial charge in [-0.05, 0) is 25.0 Å². The molecule has 1 aliphatic heterocycles. The quantitative estimate of drug-likeness (QED) is 0.847. The second kappa shape index (κ2) is 6.29. The fraction of sp³-hybridized carbons (Fsp3) is 0.467. The van der Waals surface area contributed by atoms with E-state index >= 15 is 0 Å². The molecule has 3 rings (SSSR count). The van der Waals surface area contributed by atoms with E-state index < -0.39 is 10.0 Å². The molecule has 7 nitrogen and oxygen atoms in total. The molecule has 0 unspecified atom stereocenters. The van der Waals surface area contributed by atoms with E-state index in [4.69, 9.17) is 9.26 Å². The van der Waals surface area contributed by atoms with Gasteiger partial charge in [0, 0.05) is 19.0 Å². The molecular weight excluding hydrogens is 318 g/mol. The average Bonchev–Trinajstić information content (AvgIpc) is 3.04. The molecule has 0 saturated carbocycles. The predicted molar refractivity (Wildman–Crippen MR) is 84.7 cm³/mol. The van der Waals surface area contributed by atoms with Gasteiger partial charge in [-0.2, -0.15) is 4.98 Å². The molecule has 2 heterocycles. The van der Waals surface area contributed by atoms with Gasteiger partial charge in [0.25, 0.3) is 0 Å². The van der Waals surface area contributed by atoms with E-state index in [-0.39, 0.29) is 5.92 Å². The summed E-state index contributed by atoms with van der Waals surface area (Å²) in [5.74, 6) is 1.82. The summed E-state index contributed by atoms with van der Waals surface area (Å²) in [6, 6.07) is 7.48. The Balaban J connectivity index is 1.76. The molecule has 0 spiro atoms. The number of hydrogen-bond donors (Lipinski definition) is 0. The molecule has 1 aliphatic rings. The van der Waals surface area contributed by atoms with Gasteiger partial charge < -0.3 is 9.26 Å². The van der Waals surface area contributed by atoms with Crippen LogP contribution in [-0.4, -0.2) is 49.3 Å². The first-order chi connectivity index (χ1) is 11.0. The number of methoxy groups -OCH3 is 1. The lowest BCUT2D eigenvalue weighted by Gasteiger charge is -2.28. The van der Waals surface area contributed by atoms with Crippen LogP contribution in [0.4, 0.5) is 0 Å². The molecular formula is C15H19N3O4S. The van der Waals surface area contributed by atoms with Crippen LogP contribution in [0.2, 0.25) is 0 Å². The predicted octanol–water partition coefficient (Wildman–Crippen LogP) is 1.88. The average molecular weight is 337 g/mol. The number of benzene rings is 1. The molecule has 2 aromatic rings. The van der Waals surface area contributed by atoms with E-state index in [1.807, 2.05) is 24.3 Å². The van der Waals surface area contributed by atoms with Crippen molar-refractivity contribution in [2.45, 2.75) is 18.8 Å². The van der Waals surface area contributed by atoms with Gasteiger partial charge in [0.2, 0.25) is 21.7 Å². The van der Waals surface area contributed by atoms with Gasteiger partial charge in [0.1, 0.15) is 5.75 Å². The van der Waals surface area contributed by atoms with E-state index in [0.29, 0.717) is 43.4 Å². The number of ether oxygens (including phenoxy) is 1. The number of sulfonamides is 1. The van der Waals surface area contributed by atoms with Crippen LogP contribution in [0.25, 0.3) is 11.4 Å². The smallest absolute Gasteiger partial charge is 0.230 e. The summed E-state index contributed by atoms with van der Waals surface area (Å²) >= 11 is 0. The molecule has 23 heavy (non-hydrogen) atoms.